The number of carbonyl (C=O) groups excluding carboxylic acids is 1. The molecule has 0 radical (unpaired) electrons. The summed E-state index contributed by atoms with van der Waals surface area (Å²) in [6.07, 6.45) is 6.65. The average Bonchev–Trinajstić information content (AvgIpc) is 3.12. The van der Waals surface area contributed by atoms with Crippen molar-refractivity contribution in [3.63, 3.8) is 0 Å². The summed E-state index contributed by atoms with van der Waals surface area (Å²) < 4.78 is 5.68. The molecule has 0 aromatic carbocycles. The van der Waals surface area contributed by atoms with Gasteiger partial charge in [-0.3, -0.25) is 4.79 Å². The van der Waals surface area contributed by atoms with Gasteiger partial charge in [0.05, 0.1) is 24.4 Å². The first-order valence-corrected chi connectivity index (χ1v) is 17.7. The molecular weight excluding hydrogens is 456 g/mol. The highest BCUT2D eigenvalue weighted by molar-refractivity contribution is 6.55. The summed E-state index contributed by atoms with van der Waals surface area (Å²) in [6, 6.07) is 1.03. The largest absolute Gasteiger partial charge is 0.463 e. The van der Waals surface area contributed by atoms with E-state index < -0.39 is 8.80 Å². The van der Waals surface area contributed by atoms with Crippen LogP contribution in [0.5, 0.6) is 0 Å². The summed E-state index contributed by atoms with van der Waals surface area (Å²) >= 11 is 0. The Morgan fingerprint density at radius 2 is 1.74 bits per heavy atom. The molecule has 202 valence electrons. The molecule has 3 N–H and O–H groups in total. The molecule has 4 rings (SSSR count). The summed E-state index contributed by atoms with van der Waals surface area (Å²) in [5, 5.41) is 33.4. The van der Waals surface area contributed by atoms with Gasteiger partial charge in [0.1, 0.15) is 0 Å². The van der Waals surface area contributed by atoms with Gasteiger partial charge in [0.2, 0.25) is 0 Å². The molecule has 0 aromatic heterocycles. The van der Waals surface area contributed by atoms with E-state index in [0.29, 0.717) is 36.0 Å². The van der Waals surface area contributed by atoms with Crippen LogP contribution in [0, 0.1) is 46.3 Å². The first-order valence-electron chi connectivity index (χ1n) is 14.6. The number of hydrogen-bond donors (Lipinski definition) is 3. The monoisotopic (exact) mass is 508 g/mol. The third kappa shape index (κ3) is 5.03. The van der Waals surface area contributed by atoms with Crippen LogP contribution in [0.3, 0.4) is 0 Å². The fourth-order valence-corrected chi connectivity index (χ4v) is 11.1. The van der Waals surface area contributed by atoms with Gasteiger partial charge in [0, 0.05) is 15.2 Å². The highest BCUT2D eigenvalue weighted by atomic mass is 28.3. The van der Waals surface area contributed by atoms with Crippen molar-refractivity contribution in [1.82, 2.24) is 0 Å². The standard InChI is InChI=1S/C29H52O5Si/c1-17(7-10-26(33)34-18(2)16-35(5)6)21-8-9-22-27-23(15-25(32)29(21,22)4)28(3)12-11-20(30)13-19(28)14-24(27)31/h17-25,27,30-32,35H,7-16H2,1-6H3. The van der Waals surface area contributed by atoms with Crippen LogP contribution in [0.2, 0.25) is 19.1 Å². The zero-order valence-corrected chi connectivity index (χ0v) is 24.2. The van der Waals surface area contributed by atoms with E-state index in [9.17, 15) is 20.1 Å². The van der Waals surface area contributed by atoms with E-state index in [2.05, 4.69) is 33.9 Å². The maximum absolute atomic E-state index is 12.5. The fraction of sp³-hybridized carbons (Fsp3) is 0.966. The molecule has 0 amide bonds. The number of ether oxygens (including phenoxy) is 1. The molecule has 12 unspecified atom stereocenters. The van der Waals surface area contributed by atoms with E-state index in [1.165, 1.54) is 0 Å². The van der Waals surface area contributed by atoms with Gasteiger partial charge in [0.15, 0.2) is 0 Å². The predicted octanol–water partition coefficient (Wildman–Crippen LogP) is 4.78. The molecule has 35 heavy (non-hydrogen) atoms. The summed E-state index contributed by atoms with van der Waals surface area (Å²) in [5.41, 5.74) is -0.103. The molecule has 5 nitrogen and oxygen atoms in total. The van der Waals surface area contributed by atoms with Gasteiger partial charge in [-0.2, -0.15) is 0 Å². The Bertz CT molecular complexity index is 759. The van der Waals surface area contributed by atoms with Crippen molar-refractivity contribution in [2.24, 2.45) is 46.3 Å². The second kappa shape index (κ2) is 10.4. The van der Waals surface area contributed by atoms with Crippen LogP contribution in [0.15, 0.2) is 0 Å². The van der Waals surface area contributed by atoms with E-state index in [1.54, 1.807) is 0 Å². The third-order valence-electron chi connectivity index (χ3n) is 11.5. The molecule has 0 aromatic rings. The molecule has 0 spiro atoms. The van der Waals surface area contributed by atoms with Crippen molar-refractivity contribution in [2.45, 2.75) is 129 Å². The molecule has 4 aliphatic rings. The highest BCUT2D eigenvalue weighted by Gasteiger charge is 2.65. The van der Waals surface area contributed by atoms with Crippen LogP contribution in [-0.2, 0) is 9.53 Å². The SMILES string of the molecule is CC(C[SiH](C)C)OC(=O)CCC(C)C1CCC2C3C(O)CC4CC(O)CCC4(C)C3CC(O)C12C. The van der Waals surface area contributed by atoms with Crippen molar-refractivity contribution in [3.8, 4) is 0 Å². The second-order valence-electron chi connectivity index (χ2n) is 14.0. The zero-order chi connectivity index (χ0) is 25.7. The predicted molar refractivity (Wildman–Crippen MR) is 142 cm³/mol. The van der Waals surface area contributed by atoms with Gasteiger partial charge in [-0.15, -0.1) is 0 Å². The molecule has 0 aliphatic heterocycles. The smallest absolute Gasteiger partial charge is 0.306 e. The molecular formula is C29H52O5Si. The number of carbonyl (C=O) groups is 1. The summed E-state index contributed by atoms with van der Waals surface area (Å²) in [7, 11) is -0.752. The molecule has 4 aliphatic carbocycles. The lowest BCUT2D eigenvalue weighted by atomic mass is 9.43. The van der Waals surface area contributed by atoms with Gasteiger partial charge in [-0.05, 0) is 111 Å². The van der Waals surface area contributed by atoms with Crippen LogP contribution >= 0.6 is 0 Å². The summed E-state index contributed by atoms with van der Waals surface area (Å²) in [6.45, 7) is 13.5. The molecule has 0 heterocycles. The first-order chi connectivity index (χ1) is 16.4. The number of aliphatic hydroxyl groups excluding tert-OH is 3. The minimum Gasteiger partial charge on any atom is -0.463 e. The normalized spacial score (nSPS) is 46.9. The molecule has 4 fully saturated rings. The van der Waals surface area contributed by atoms with E-state index in [1.807, 2.05) is 6.92 Å². The fourth-order valence-electron chi connectivity index (χ4n) is 9.67. The van der Waals surface area contributed by atoms with Crippen LogP contribution in [0.1, 0.15) is 85.5 Å². The van der Waals surface area contributed by atoms with Crippen molar-refractivity contribution < 1.29 is 24.9 Å². The van der Waals surface area contributed by atoms with E-state index in [0.717, 1.165) is 57.4 Å². The van der Waals surface area contributed by atoms with Gasteiger partial charge < -0.3 is 20.1 Å². The number of hydrogen-bond acceptors (Lipinski definition) is 5. The Hall–Kier alpha value is -0.433. The Labute approximate surface area is 215 Å². The van der Waals surface area contributed by atoms with Gasteiger partial charge >= 0.3 is 5.97 Å². The van der Waals surface area contributed by atoms with Crippen LogP contribution in [0.25, 0.3) is 0 Å². The quantitative estimate of drug-likeness (QED) is 0.340. The van der Waals surface area contributed by atoms with Crippen molar-refractivity contribution in [3.05, 3.63) is 0 Å². The zero-order valence-electron chi connectivity index (χ0n) is 23.1. The van der Waals surface area contributed by atoms with Gasteiger partial charge in [0.25, 0.3) is 0 Å². The van der Waals surface area contributed by atoms with Crippen LogP contribution in [-0.4, -0.2) is 54.5 Å². The van der Waals surface area contributed by atoms with E-state index >= 15 is 0 Å². The molecule has 0 saturated heterocycles. The van der Waals surface area contributed by atoms with Crippen molar-refractivity contribution in [1.29, 1.82) is 0 Å². The minimum atomic E-state index is -0.752. The maximum Gasteiger partial charge on any atom is 0.306 e. The van der Waals surface area contributed by atoms with Crippen molar-refractivity contribution >= 4 is 14.8 Å². The minimum absolute atomic E-state index is 0.0221. The highest BCUT2D eigenvalue weighted by Crippen LogP contribution is 2.68. The number of rotatable bonds is 7. The Balaban J connectivity index is 1.44. The lowest BCUT2D eigenvalue weighted by molar-refractivity contribution is -0.207. The van der Waals surface area contributed by atoms with Gasteiger partial charge in [-0.25, -0.2) is 0 Å². The number of aliphatic hydroxyl groups is 3. The average molecular weight is 509 g/mol. The first kappa shape index (κ1) is 27.6. The summed E-state index contributed by atoms with van der Waals surface area (Å²) in [5.74, 6) is 1.86. The van der Waals surface area contributed by atoms with Crippen LogP contribution in [0.4, 0.5) is 0 Å². The van der Waals surface area contributed by atoms with Gasteiger partial charge in [-0.1, -0.05) is 33.9 Å². The lowest BCUT2D eigenvalue weighted by Crippen LogP contribution is -2.62. The van der Waals surface area contributed by atoms with E-state index in [-0.39, 0.29) is 47.1 Å². The number of fused-ring (bicyclic) bond motifs is 5. The van der Waals surface area contributed by atoms with Crippen molar-refractivity contribution in [2.75, 3.05) is 0 Å². The molecule has 4 saturated carbocycles. The van der Waals surface area contributed by atoms with E-state index in [4.69, 9.17) is 4.74 Å². The maximum atomic E-state index is 12.5. The second-order valence-corrected chi connectivity index (χ2v) is 17.2. The Morgan fingerprint density at radius 1 is 1.03 bits per heavy atom. The Morgan fingerprint density at radius 3 is 2.43 bits per heavy atom. The molecule has 12 atom stereocenters. The van der Waals surface area contributed by atoms with Crippen LogP contribution < -0.4 is 0 Å². The third-order valence-corrected chi connectivity index (χ3v) is 13.1. The molecule has 6 heteroatoms. The molecule has 0 bridgehead atoms. The Kier molecular flexibility index (Phi) is 8.18. The lowest BCUT2D eigenvalue weighted by Gasteiger charge is -2.63. The summed E-state index contributed by atoms with van der Waals surface area (Å²) in [4.78, 5) is 12.5. The topological polar surface area (TPSA) is 87.0 Å². The number of esters is 1.